The van der Waals surface area contributed by atoms with E-state index in [1.807, 2.05) is 49.4 Å². The van der Waals surface area contributed by atoms with Crippen molar-refractivity contribution in [1.82, 2.24) is 5.06 Å². The molecule has 1 N–H and O–H groups in total. The first-order valence-corrected chi connectivity index (χ1v) is 8.90. The number of hydroxylamine groups is 2. The molecule has 0 spiro atoms. The molecule has 0 aromatic heterocycles. The minimum absolute atomic E-state index is 0.242. The third-order valence-electron chi connectivity index (χ3n) is 4.20. The van der Waals surface area contributed by atoms with Gasteiger partial charge in [0.1, 0.15) is 5.75 Å². The lowest BCUT2D eigenvalue weighted by atomic mass is 10.1. The number of aromatic hydroxyl groups is 1. The number of phenolic OH excluding ortho intramolecular Hbond substituents is 1. The summed E-state index contributed by atoms with van der Waals surface area (Å²) in [6.07, 6.45) is 1.38. The van der Waals surface area contributed by atoms with E-state index in [9.17, 15) is 9.90 Å². The fraction of sp³-hybridized carbons (Fsp3) is 0.381. The fourth-order valence-electron chi connectivity index (χ4n) is 2.62. The third kappa shape index (κ3) is 6.50. The van der Waals surface area contributed by atoms with Gasteiger partial charge in [-0.15, -0.1) is 5.06 Å². The summed E-state index contributed by atoms with van der Waals surface area (Å²) in [6, 6.07) is 17.0. The van der Waals surface area contributed by atoms with Crippen LogP contribution in [0.15, 0.2) is 54.6 Å². The Hall–Kier alpha value is -2.37. The van der Waals surface area contributed by atoms with Crippen molar-refractivity contribution < 1.29 is 19.5 Å². The average molecular weight is 357 g/mol. The summed E-state index contributed by atoms with van der Waals surface area (Å²) >= 11 is 0. The van der Waals surface area contributed by atoms with Gasteiger partial charge in [-0.05, 0) is 36.1 Å². The van der Waals surface area contributed by atoms with E-state index in [0.29, 0.717) is 32.5 Å². The molecule has 0 aliphatic carbocycles. The molecule has 0 heterocycles. The number of hydrogen-bond acceptors (Lipinski definition) is 5. The summed E-state index contributed by atoms with van der Waals surface area (Å²) in [5.74, 6) is -0.297. The van der Waals surface area contributed by atoms with Gasteiger partial charge in [-0.25, -0.2) is 4.79 Å². The molecule has 0 aliphatic heterocycles. The highest BCUT2D eigenvalue weighted by Gasteiger charge is 2.21. The van der Waals surface area contributed by atoms with Crippen LogP contribution >= 0.6 is 0 Å². The Morgan fingerprint density at radius 1 is 1.08 bits per heavy atom. The number of carbonyl (C=O) groups excluding carboxylic acids is 1. The van der Waals surface area contributed by atoms with Crippen LogP contribution in [0.5, 0.6) is 5.75 Å². The van der Waals surface area contributed by atoms with Gasteiger partial charge in [0.2, 0.25) is 0 Å². The van der Waals surface area contributed by atoms with Gasteiger partial charge < -0.3 is 14.7 Å². The molecule has 5 heteroatoms. The monoisotopic (exact) mass is 357 g/mol. The van der Waals surface area contributed by atoms with Crippen molar-refractivity contribution in [3.63, 3.8) is 0 Å². The number of nitrogens with zero attached hydrogens (tertiary/aromatic N) is 1. The van der Waals surface area contributed by atoms with Gasteiger partial charge in [-0.1, -0.05) is 49.4 Å². The maximum atomic E-state index is 12.4. The number of benzene rings is 2. The summed E-state index contributed by atoms with van der Waals surface area (Å²) in [7, 11) is 1.59. The van der Waals surface area contributed by atoms with Crippen LogP contribution in [0.2, 0.25) is 0 Å². The van der Waals surface area contributed by atoms with Crippen molar-refractivity contribution >= 4 is 5.97 Å². The smallest absolute Gasteiger partial charge is 0.330 e. The van der Waals surface area contributed by atoms with E-state index >= 15 is 0 Å². The van der Waals surface area contributed by atoms with Gasteiger partial charge in [0.25, 0.3) is 0 Å². The highest BCUT2D eigenvalue weighted by molar-refractivity contribution is 5.72. The first kappa shape index (κ1) is 19.9. The zero-order chi connectivity index (χ0) is 18.8. The second kappa shape index (κ2) is 10.6. The van der Waals surface area contributed by atoms with Crippen LogP contribution in [0, 0.1) is 5.92 Å². The summed E-state index contributed by atoms with van der Waals surface area (Å²) in [6.45, 7) is 3.39. The molecule has 0 aliphatic rings. The predicted molar refractivity (Wildman–Crippen MR) is 100 cm³/mol. The van der Waals surface area contributed by atoms with E-state index in [-0.39, 0.29) is 17.6 Å². The standard InChI is InChI=1S/C21H27NO4/c1-3-19(16-25-2)21(24)26-22(15-18-7-5-4-6-8-18)14-13-17-9-11-20(23)12-10-17/h4-12,19,23H,3,13-16H2,1-2H3. The molecule has 2 aromatic carbocycles. The van der Waals surface area contributed by atoms with Gasteiger partial charge in [0.15, 0.2) is 0 Å². The average Bonchev–Trinajstić information content (AvgIpc) is 2.66. The van der Waals surface area contributed by atoms with Crippen molar-refractivity contribution in [2.75, 3.05) is 20.3 Å². The van der Waals surface area contributed by atoms with E-state index < -0.39 is 0 Å². The van der Waals surface area contributed by atoms with Crippen molar-refractivity contribution in [2.45, 2.75) is 26.3 Å². The summed E-state index contributed by atoms with van der Waals surface area (Å²) < 4.78 is 5.11. The number of carbonyl (C=O) groups is 1. The molecule has 0 fully saturated rings. The maximum absolute atomic E-state index is 12.4. The first-order chi connectivity index (χ1) is 12.6. The predicted octanol–water partition coefficient (Wildman–Crippen LogP) is 3.57. The van der Waals surface area contributed by atoms with Crippen LogP contribution < -0.4 is 0 Å². The lowest BCUT2D eigenvalue weighted by Gasteiger charge is -2.24. The molecule has 140 valence electrons. The number of phenols is 1. The van der Waals surface area contributed by atoms with Crippen LogP contribution in [0.3, 0.4) is 0 Å². The molecular weight excluding hydrogens is 330 g/mol. The lowest BCUT2D eigenvalue weighted by Crippen LogP contribution is -2.33. The number of methoxy groups -OCH3 is 1. The van der Waals surface area contributed by atoms with Gasteiger partial charge in [0.05, 0.1) is 19.1 Å². The Balaban J connectivity index is 2.02. The third-order valence-corrected chi connectivity index (χ3v) is 4.20. The molecule has 1 atom stereocenters. The Bertz CT molecular complexity index is 657. The van der Waals surface area contributed by atoms with Crippen LogP contribution in [0.25, 0.3) is 0 Å². The van der Waals surface area contributed by atoms with E-state index in [1.165, 1.54) is 0 Å². The zero-order valence-corrected chi connectivity index (χ0v) is 15.4. The van der Waals surface area contributed by atoms with Crippen molar-refractivity contribution in [3.8, 4) is 5.75 Å². The second-order valence-corrected chi connectivity index (χ2v) is 6.24. The Kier molecular flexibility index (Phi) is 8.12. The van der Waals surface area contributed by atoms with Gasteiger partial charge in [0, 0.05) is 13.7 Å². The molecule has 0 radical (unpaired) electrons. The minimum Gasteiger partial charge on any atom is -0.508 e. The van der Waals surface area contributed by atoms with Gasteiger partial charge in [-0.3, -0.25) is 0 Å². The SMILES string of the molecule is CCC(COC)C(=O)ON(CCc1ccc(O)cc1)Cc1ccccc1. The molecule has 1 unspecified atom stereocenters. The van der Waals surface area contributed by atoms with Crippen molar-refractivity contribution in [1.29, 1.82) is 0 Å². The van der Waals surface area contributed by atoms with Gasteiger partial charge >= 0.3 is 5.97 Å². The molecule has 2 rings (SSSR count). The fourth-order valence-corrected chi connectivity index (χ4v) is 2.62. The van der Waals surface area contributed by atoms with E-state index in [2.05, 4.69) is 0 Å². The highest BCUT2D eigenvalue weighted by atomic mass is 16.7. The molecule has 0 saturated heterocycles. The number of rotatable bonds is 10. The quantitative estimate of drug-likeness (QED) is 0.659. The first-order valence-electron chi connectivity index (χ1n) is 8.90. The van der Waals surface area contributed by atoms with Crippen LogP contribution in [-0.2, 0) is 27.3 Å². The maximum Gasteiger partial charge on any atom is 0.330 e. The number of hydrogen-bond donors (Lipinski definition) is 1. The lowest BCUT2D eigenvalue weighted by molar-refractivity contribution is -0.200. The molecule has 2 aromatic rings. The normalized spacial score (nSPS) is 12.1. The van der Waals surface area contributed by atoms with Crippen molar-refractivity contribution in [2.24, 2.45) is 5.92 Å². The zero-order valence-electron chi connectivity index (χ0n) is 15.4. The van der Waals surface area contributed by atoms with Crippen LogP contribution in [0.1, 0.15) is 24.5 Å². The highest BCUT2D eigenvalue weighted by Crippen LogP contribution is 2.14. The molecule has 0 amide bonds. The molecule has 26 heavy (non-hydrogen) atoms. The van der Waals surface area contributed by atoms with Crippen LogP contribution in [-0.4, -0.2) is 36.4 Å². The molecular formula is C21H27NO4. The topological polar surface area (TPSA) is 59.0 Å². The minimum atomic E-state index is -0.271. The molecule has 0 saturated carbocycles. The van der Waals surface area contributed by atoms with E-state index in [1.54, 1.807) is 24.3 Å². The summed E-state index contributed by atoms with van der Waals surface area (Å²) in [4.78, 5) is 18.1. The Morgan fingerprint density at radius 3 is 2.38 bits per heavy atom. The summed E-state index contributed by atoms with van der Waals surface area (Å²) in [5, 5.41) is 11.1. The molecule has 0 bridgehead atoms. The van der Waals surface area contributed by atoms with Crippen molar-refractivity contribution in [3.05, 3.63) is 65.7 Å². The van der Waals surface area contributed by atoms with E-state index in [4.69, 9.17) is 9.57 Å². The van der Waals surface area contributed by atoms with Crippen LogP contribution in [0.4, 0.5) is 0 Å². The Morgan fingerprint density at radius 2 is 1.77 bits per heavy atom. The molecule has 5 nitrogen and oxygen atoms in total. The largest absolute Gasteiger partial charge is 0.508 e. The van der Waals surface area contributed by atoms with Gasteiger partial charge in [-0.2, -0.15) is 0 Å². The van der Waals surface area contributed by atoms with E-state index in [0.717, 1.165) is 11.1 Å². The second-order valence-electron chi connectivity index (χ2n) is 6.24. The summed E-state index contributed by atoms with van der Waals surface area (Å²) in [5.41, 5.74) is 2.15. The number of ether oxygens (including phenoxy) is 1. The Labute approximate surface area is 155 Å².